The molecule has 0 unspecified atom stereocenters. The number of aromatic nitrogens is 3. The molecule has 2 aromatic heterocycles. The molecule has 2 fully saturated rings. The molecule has 4 heterocycles. The van der Waals surface area contributed by atoms with Gasteiger partial charge in [-0.2, -0.15) is 0 Å². The zero-order valence-corrected chi connectivity index (χ0v) is 24.4. The zero-order valence-electron chi connectivity index (χ0n) is 20.3. The van der Waals surface area contributed by atoms with E-state index in [1.165, 1.54) is 25.1 Å². The van der Waals surface area contributed by atoms with Crippen molar-refractivity contribution in [1.82, 2.24) is 19.9 Å². The van der Waals surface area contributed by atoms with Crippen molar-refractivity contribution in [3.8, 4) is 17.3 Å². The molecule has 0 radical (unpaired) electrons. The van der Waals surface area contributed by atoms with Gasteiger partial charge in [-0.05, 0) is 62.6 Å². The fourth-order valence-corrected chi connectivity index (χ4v) is 5.30. The molecule has 0 aliphatic carbocycles. The van der Waals surface area contributed by atoms with E-state index in [1.54, 1.807) is 37.3 Å². The summed E-state index contributed by atoms with van der Waals surface area (Å²) < 4.78 is 66.9. The Hall–Kier alpha value is -2.35. The first-order chi connectivity index (χ1) is 17.6. The van der Waals surface area contributed by atoms with Crippen molar-refractivity contribution in [2.75, 3.05) is 19.7 Å². The molecule has 0 bridgehead atoms. The first-order valence-electron chi connectivity index (χ1n) is 11.9. The Balaban J connectivity index is 0.000000516. The predicted octanol–water partition coefficient (Wildman–Crippen LogP) is 6.31. The second-order valence-electron chi connectivity index (χ2n) is 9.27. The minimum absolute atomic E-state index is 0. The number of benzene rings is 2. The van der Waals surface area contributed by atoms with Gasteiger partial charge in [0.15, 0.2) is 0 Å². The third kappa shape index (κ3) is 5.95. The van der Waals surface area contributed by atoms with E-state index >= 15 is 4.39 Å². The van der Waals surface area contributed by atoms with E-state index in [9.17, 15) is 17.6 Å². The molecule has 11 heteroatoms. The number of hydrogen-bond donors (Lipinski definition) is 0. The molecule has 6 rings (SSSR count). The standard InChI is InChI=1S/C25H21F2N4O.C2H2F3.U/c26-19-8-2-6-16-5-1-7-18(20(16)19)23-21(27)22-17(13-28-23)14-29-24(30-22)32-15-25-9-3-11-31(25)12-4-10-25;1-2(3,4)5;/h1-2,5-8,13H,3-4,9-12,15H2;1H2;/q2*-1;. The molecule has 0 N–H and O–H groups in total. The Kier molecular flexibility index (Phi) is 8.60. The Bertz CT molecular complexity index is 1430. The molecule has 198 valence electrons. The van der Waals surface area contributed by atoms with Crippen LogP contribution in [-0.4, -0.2) is 51.3 Å². The van der Waals surface area contributed by atoms with Crippen LogP contribution in [0.1, 0.15) is 25.7 Å². The van der Waals surface area contributed by atoms with Gasteiger partial charge in [0, 0.05) is 47.6 Å². The van der Waals surface area contributed by atoms with Crippen LogP contribution in [0.3, 0.4) is 0 Å². The van der Waals surface area contributed by atoms with Crippen LogP contribution in [-0.2, 0) is 0 Å². The fraction of sp³-hybridized carbons (Fsp3) is 0.333. The molecular weight excluding hydrogens is 729 g/mol. The summed E-state index contributed by atoms with van der Waals surface area (Å²) in [6.07, 6.45) is 4.53. The summed E-state index contributed by atoms with van der Waals surface area (Å²) in [4.78, 5) is 15.2. The van der Waals surface area contributed by atoms with Crippen LogP contribution in [0, 0.1) is 55.9 Å². The van der Waals surface area contributed by atoms with Crippen molar-refractivity contribution in [2.45, 2.75) is 37.4 Å². The van der Waals surface area contributed by atoms with Gasteiger partial charge in [0.1, 0.15) is 11.6 Å². The molecule has 2 aliphatic rings. The average molecular weight is 753 g/mol. The van der Waals surface area contributed by atoms with E-state index < -0.39 is 17.8 Å². The number of ether oxygens (including phenoxy) is 1. The summed E-state index contributed by atoms with van der Waals surface area (Å²) >= 11 is 0. The second-order valence-corrected chi connectivity index (χ2v) is 9.27. The van der Waals surface area contributed by atoms with Crippen LogP contribution in [0.4, 0.5) is 22.0 Å². The van der Waals surface area contributed by atoms with Gasteiger partial charge in [-0.15, -0.1) is 0 Å². The van der Waals surface area contributed by atoms with Gasteiger partial charge < -0.3 is 14.7 Å². The van der Waals surface area contributed by atoms with Crippen LogP contribution >= 0.6 is 0 Å². The molecule has 5 nitrogen and oxygen atoms in total. The van der Waals surface area contributed by atoms with E-state index in [4.69, 9.17) is 4.74 Å². The number of hydrogen-bond acceptors (Lipinski definition) is 5. The van der Waals surface area contributed by atoms with Crippen LogP contribution in [0.5, 0.6) is 6.01 Å². The average Bonchev–Trinajstić information content (AvgIpc) is 3.43. The monoisotopic (exact) mass is 752 g/mol. The van der Waals surface area contributed by atoms with Crippen molar-refractivity contribution in [1.29, 1.82) is 0 Å². The molecule has 4 aromatic rings. The minimum Gasteiger partial charge on any atom is -0.505 e. The largest absolute Gasteiger partial charge is 0.505 e. The van der Waals surface area contributed by atoms with Gasteiger partial charge in [0.05, 0.1) is 17.8 Å². The van der Waals surface area contributed by atoms with E-state index in [-0.39, 0.29) is 53.9 Å². The number of alkyl halides is 3. The summed E-state index contributed by atoms with van der Waals surface area (Å²) in [6, 6.07) is 10.1. The van der Waals surface area contributed by atoms with Gasteiger partial charge in [-0.25, -0.2) is 28.9 Å². The van der Waals surface area contributed by atoms with Crippen LogP contribution < -0.4 is 4.74 Å². The van der Waals surface area contributed by atoms with Gasteiger partial charge in [-0.1, -0.05) is 35.7 Å². The maximum absolute atomic E-state index is 15.6. The van der Waals surface area contributed by atoms with Crippen LogP contribution in [0.2, 0.25) is 0 Å². The molecule has 2 aliphatic heterocycles. The third-order valence-corrected chi connectivity index (χ3v) is 6.86. The number of halogens is 5. The number of nitrogens with zero attached hydrogens (tertiary/aromatic N) is 4. The smallest absolute Gasteiger partial charge is 0.268 e. The van der Waals surface area contributed by atoms with Crippen molar-refractivity contribution in [3.63, 3.8) is 0 Å². The van der Waals surface area contributed by atoms with Crippen molar-refractivity contribution < 1.29 is 57.8 Å². The predicted molar refractivity (Wildman–Crippen MR) is 129 cm³/mol. The van der Waals surface area contributed by atoms with Gasteiger partial charge in [0.25, 0.3) is 6.18 Å². The molecule has 38 heavy (non-hydrogen) atoms. The zero-order chi connectivity index (χ0) is 26.2. The molecule has 2 saturated heterocycles. The van der Waals surface area contributed by atoms with Crippen LogP contribution in [0.15, 0.2) is 42.6 Å². The number of pyridine rings is 1. The van der Waals surface area contributed by atoms with Crippen LogP contribution in [0.25, 0.3) is 32.9 Å². The molecule has 0 saturated carbocycles. The molecule has 0 spiro atoms. The van der Waals surface area contributed by atoms with E-state index in [0.717, 1.165) is 25.9 Å². The van der Waals surface area contributed by atoms with Crippen molar-refractivity contribution in [2.24, 2.45) is 0 Å². The maximum atomic E-state index is 15.6. The van der Waals surface area contributed by atoms with Crippen molar-refractivity contribution >= 4 is 21.7 Å². The summed E-state index contributed by atoms with van der Waals surface area (Å²) in [7, 11) is 0. The number of rotatable bonds is 4. The quantitative estimate of drug-likeness (QED) is 0.181. The normalized spacial score (nSPS) is 16.6. The molecule has 0 atom stereocenters. The summed E-state index contributed by atoms with van der Waals surface area (Å²) in [5.41, 5.74) is 0.538. The molecule has 2 aromatic carbocycles. The molecular formula is C27H23F5N4OU-2. The van der Waals surface area contributed by atoms with E-state index in [1.807, 2.05) is 0 Å². The van der Waals surface area contributed by atoms with Crippen molar-refractivity contribution in [3.05, 3.63) is 67.4 Å². The first-order valence-corrected chi connectivity index (χ1v) is 11.9. The molecule has 0 amide bonds. The SMILES string of the molecule is Fc1c(-c2cccc3cccc(F)c23)ncc2[c-]nc(OCC34CCCN3CCC4)nc12.[CH2-]C(F)(F)F.[U]. The van der Waals surface area contributed by atoms with Gasteiger partial charge >= 0.3 is 0 Å². The third-order valence-electron chi connectivity index (χ3n) is 6.86. The Labute approximate surface area is 240 Å². The minimum atomic E-state index is -4.25. The maximum Gasteiger partial charge on any atom is 0.268 e. The van der Waals surface area contributed by atoms with E-state index in [2.05, 4.69) is 26.0 Å². The fourth-order valence-electron chi connectivity index (χ4n) is 5.30. The second kappa shape index (κ2) is 11.4. The summed E-state index contributed by atoms with van der Waals surface area (Å²) in [6.45, 7) is 4.45. The van der Waals surface area contributed by atoms with E-state index in [0.29, 0.717) is 28.3 Å². The Morgan fingerprint density at radius 2 is 1.71 bits per heavy atom. The Morgan fingerprint density at radius 3 is 2.39 bits per heavy atom. The number of fused-ring (bicyclic) bond motifs is 3. The summed E-state index contributed by atoms with van der Waals surface area (Å²) in [5, 5.41) is 1.36. The first kappa shape index (κ1) is 28.7. The van der Waals surface area contributed by atoms with Gasteiger partial charge in [0.2, 0.25) is 6.01 Å². The summed E-state index contributed by atoms with van der Waals surface area (Å²) in [5.74, 6) is -1.06. The topological polar surface area (TPSA) is 51.1 Å². The van der Waals surface area contributed by atoms with Gasteiger partial charge in [-0.3, -0.25) is 9.88 Å². The Morgan fingerprint density at radius 1 is 1.05 bits per heavy atom.